The van der Waals surface area contributed by atoms with Crippen LogP contribution in [-0.4, -0.2) is 62.4 Å². The molecule has 3 atom stereocenters. The minimum atomic E-state index is -4.27. The monoisotopic (exact) mass is 603 g/mol. The second-order valence-corrected chi connectivity index (χ2v) is 13.5. The summed E-state index contributed by atoms with van der Waals surface area (Å²) in [4.78, 5) is 32.2. The normalized spacial score (nSPS) is 21.4. The van der Waals surface area contributed by atoms with Crippen LogP contribution in [0, 0.1) is 0 Å². The van der Waals surface area contributed by atoms with Crippen LogP contribution in [0.5, 0.6) is 5.75 Å². The van der Waals surface area contributed by atoms with Gasteiger partial charge in [0, 0.05) is 17.1 Å². The Morgan fingerprint density at radius 2 is 1.65 bits per heavy atom. The fraction of sp³-hybridized carbons (Fsp3) is 0.312. The molecule has 0 radical (unpaired) electrons. The molecule has 0 unspecified atom stereocenters. The van der Waals surface area contributed by atoms with Crippen molar-refractivity contribution in [3.05, 3.63) is 90.1 Å². The predicted molar refractivity (Wildman–Crippen MR) is 160 cm³/mol. The summed E-state index contributed by atoms with van der Waals surface area (Å²) < 4.78 is 47.1. The summed E-state index contributed by atoms with van der Waals surface area (Å²) >= 11 is 0. The Kier molecular flexibility index (Phi) is 6.68. The molecule has 1 N–H and O–H groups in total. The molecule has 1 aromatic heterocycles. The zero-order chi connectivity index (χ0) is 30.7. The van der Waals surface area contributed by atoms with Crippen molar-refractivity contribution in [2.75, 3.05) is 18.5 Å². The lowest BCUT2D eigenvalue weighted by atomic mass is 9.72. The molecule has 10 nitrogen and oxygen atoms in total. The molecule has 3 aromatic carbocycles. The molecular formula is C32H33N3O7S. The van der Waals surface area contributed by atoms with Gasteiger partial charge in [0.25, 0.3) is 10.0 Å². The number of methoxy groups -OCH3 is 2. The molecule has 4 aromatic rings. The van der Waals surface area contributed by atoms with Crippen molar-refractivity contribution in [1.29, 1.82) is 0 Å². The average Bonchev–Trinajstić information content (AvgIpc) is 3.64. The second-order valence-electron chi connectivity index (χ2n) is 11.7. The number of para-hydroxylation sites is 1. The Balaban J connectivity index is 1.70. The van der Waals surface area contributed by atoms with Crippen molar-refractivity contribution in [2.24, 2.45) is 0 Å². The highest BCUT2D eigenvalue weighted by Gasteiger charge is 2.68. The smallest absolute Gasteiger partial charge is 0.412 e. The van der Waals surface area contributed by atoms with Crippen LogP contribution < -0.4 is 9.04 Å². The molecule has 11 heteroatoms. The van der Waals surface area contributed by atoms with Crippen LogP contribution in [0.25, 0.3) is 10.9 Å². The number of ether oxygens (including phenoxy) is 3. The van der Waals surface area contributed by atoms with E-state index in [1.807, 2.05) is 36.5 Å². The third-order valence-corrected chi connectivity index (χ3v) is 9.93. The summed E-state index contributed by atoms with van der Waals surface area (Å²) in [6.45, 7) is 5.15. The number of amides is 1. The average molecular weight is 604 g/mol. The maximum Gasteiger partial charge on any atom is 0.412 e. The fourth-order valence-corrected chi connectivity index (χ4v) is 8.18. The highest BCUT2D eigenvalue weighted by molar-refractivity contribution is 7.92. The van der Waals surface area contributed by atoms with E-state index in [1.54, 1.807) is 58.2 Å². The summed E-state index contributed by atoms with van der Waals surface area (Å²) in [6, 6.07) is 19.6. The first-order valence-electron chi connectivity index (χ1n) is 13.9. The number of nitrogens with zero attached hydrogens (tertiary/aromatic N) is 2. The van der Waals surface area contributed by atoms with Crippen molar-refractivity contribution >= 4 is 38.7 Å². The summed E-state index contributed by atoms with van der Waals surface area (Å²) in [5.41, 5.74) is 0.444. The minimum Gasteiger partial charge on any atom is -0.497 e. The number of carbonyl (C=O) groups excluding carboxylic acids is 2. The van der Waals surface area contributed by atoms with Crippen LogP contribution in [0.2, 0.25) is 0 Å². The van der Waals surface area contributed by atoms with Gasteiger partial charge in [0.1, 0.15) is 23.6 Å². The van der Waals surface area contributed by atoms with E-state index >= 15 is 0 Å². The number of fused-ring (bicyclic) bond motifs is 4. The number of likely N-dealkylation sites (tertiary alicyclic amines) is 1. The van der Waals surface area contributed by atoms with Crippen molar-refractivity contribution < 1.29 is 32.2 Å². The fourth-order valence-electron chi connectivity index (χ4n) is 6.49. The molecule has 2 aliphatic heterocycles. The number of sulfonamides is 1. The Morgan fingerprint density at radius 1 is 0.953 bits per heavy atom. The van der Waals surface area contributed by atoms with E-state index in [0.29, 0.717) is 22.6 Å². The Morgan fingerprint density at radius 3 is 2.33 bits per heavy atom. The lowest BCUT2D eigenvalue weighted by molar-refractivity contribution is -0.146. The lowest BCUT2D eigenvalue weighted by Gasteiger charge is -2.38. The van der Waals surface area contributed by atoms with Gasteiger partial charge in [0.05, 0.1) is 30.2 Å². The molecule has 43 heavy (non-hydrogen) atoms. The van der Waals surface area contributed by atoms with Crippen LogP contribution in [0.1, 0.15) is 38.3 Å². The Bertz CT molecular complexity index is 1830. The van der Waals surface area contributed by atoms with Crippen molar-refractivity contribution in [3.8, 4) is 5.75 Å². The highest BCUT2D eigenvalue weighted by atomic mass is 32.2. The van der Waals surface area contributed by atoms with Gasteiger partial charge in [0.2, 0.25) is 0 Å². The van der Waals surface area contributed by atoms with Gasteiger partial charge in [-0.2, -0.15) is 0 Å². The van der Waals surface area contributed by atoms with Gasteiger partial charge in [0.15, 0.2) is 0 Å². The molecule has 0 spiro atoms. The Hall–Kier alpha value is -4.51. The molecule has 6 rings (SSSR count). The highest BCUT2D eigenvalue weighted by Crippen LogP contribution is 2.60. The van der Waals surface area contributed by atoms with Crippen LogP contribution in [-0.2, 0) is 29.7 Å². The minimum absolute atomic E-state index is 0.0472. The first-order valence-corrected chi connectivity index (χ1v) is 15.3. The van der Waals surface area contributed by atoms with E-state index in [9.17, 15) is 18.0 Å². The summed E-state index contributed by atoms with van der Waals surface area (Å²) in [7, 11) is -1.45. The number of carbonyl (C=O) groups is 2. The first-order chi connectivity index (χ1) is 20.4. The van der Waals surface area contributed by atoms with Crippen molar-refractivity contribution in [1.82, 2.24) is 9.88 Å². The molecule has 0 saturated carbocycles. The van der Waals surface area contributed by atoms with Gasteiger partial charge in [-0.1, -0.05) is 36.4 Å². The van der Waals surface area contributed by atoms with Gasteiger partial charge < -0.3 is 19.2 Å². The summed E-state index contributed by atoms with van der Waals surface area (Å²) in [5.74, 6) is -0.0699. The van der Waals surface area contributed by atoms with Crippen molar-refractivity contribution in [3.63, 3.8) is 0 Å². The maximum absolute atomic E-state index is 14.6. The quantitative estimate of drug-likeness (QED) is 0.312. The van der Waals surface area contributed by atoms with Gasteiger partial charge in [-0.15, -0.1) is 0 Å². The van der Waals surface area contributed by atoms with E-state index in [-0.39, 0.29) is 11.3 Å². The molecule has 0 bridgehead atoms. The molecule has 1 fully saturated rings. The van der Waals surface area contributed by atoms with E-state index in [4.69, 9.17) is 14.2 Å². The van der Waals surface area contributed by atoms with Crippen molar-refractivity contribution in [2.45, 2.75) is 55.3 Å². The predicted octanol–water partition coefficient (Wildman–Crippen LogP) is 5.18. The molecular weight excluding hydrogens is 570 g/mol. The van der Waals surface area contributed by atoms with Crippen LogP contribution >= 0.6 is 0 Å². The standard InChI is InChI=1S/C32H33N3O7S/c1-31(2,3)42-30(37)34-27(28(36)41-5)18-32(24-19-33-25-16-15-20(40-4)17-22(24)25)23-13-9-10-14-26(23)35(29(32)34)43(38,39)21-11-7-6-8-12-21/h6-17,19,27,29,33H,18H2,1-5H3/t27-,29-,32+/m0/s1. The molecule has 1 saturated heterocycles. The number of H-pyrrole nitrogens is 1. The third-order valence-electron chi connectivity index (χ3n) is 8.15. The van der Waals surface area contributed by atoms with E-state index in [0.717, 1.165) is 10.9 Å². The summed E-state index contributed by atoms with van der Waals surface area (Å²) in [5, 5.41) is 0.771. The molecule has 3 heterocycles. The third kappa shape index (κ3) is 4.32. The molecule has 224 valence electrons. The maximum atomic E-state index is 14.6. The van der Waals surface area contributed by atoms with Crippen LogP contribution in [0.4, 0.5) is 10.5 Å². The molecule has 2 aliphatic rings. The van der Waals surface area contributed by atoms with Gasteiger partial charge in [-0.3, -0.25) is 4.90 Å². The number of anilines is 1. The number of aromatic nitrogens is 1. The summed E-state index contributed by atoms with van der Waals surface area (Å²) in [6.07, 6.45) is -0.169. The van der Waals surface area contributed by atoms with Gasteiger partial charge >= 0.3 is 12.1 Å². The number of rotatable bonds is 5. The molecule has 0 aliphatic carbocycles. The van der Waals surface area contributed by atoms with E-state index < -0.39 is 45.3 Å². The number of nitrogens with one attached hydrogen (secondary N) is 1. The topological polar surface area (TPSA) is 118 Å². The first kappa shape index (κ1) is 28.6. The Labute approximate surface area is 250 Å². The lowest BCUT2D eigenvalue weighted by Crippen LogP contribution is -2.57. The number of hydrogen-bond donors (Lipinski definition) is 1. The van der Waals surface area contributed by atoms with E-state index in [1.165, 1.54) is 28.4 Å². The van der Waals surface area contributed by atoms with Crippen LogP contribution in [0.3, 0.4) is 0 Å². The number of aromatic amines is 1. The zero-order valence-corrected chi connectivity index (χ0v) is 25.3. The van der Waals surface area contributed by atoms with E-state index in [2.05, 4.69) is 4.98 Å². The molecule has 1 amide bonds. The van der Waals surface area contributed by atoms with Gasteiger partial charge in [-0.25, -0.2) is 22.3 Å². The SMILES string of the molecule is COC(=O)[C@@H]1C[C@]2(c3c[nH]c4ccc(OC)cc34)c3ccccc3N(S(=O)(=O)c3ccccc3)[C@@H]2N1C(=O)OC(C)(C)C. The largest absolute Gasteiger partial charge is 0.497 e. The number of esters is 1. The number of benzene rings is 3. The number of hydrogen-bond acceptors (Lipinski definition) is 7. The van der Waals surface area contributed by atoms with Gasteiger partial charge in [-0.05, 0) is 74.7 Å². The second kappa shape index (κ2) is 10.0. The van der Waals surface area contributed by atoms with Crippen LogP contribution in [0.15, 0.2) is 83.9 Å². The zero-order valence-electron chi connectivity index (χ0n) is 24.5.